The Bertz CT molecular complexity index is 354. The summed E-state index contributed by atoms with van der Waals surface area (Å²) in [6.45, 7) is 3.46. The van der Waals surface area contributed by atoms with Crippen molar-refractivity contribution in [3.05, 3.63) is 29.6 Å². The van der Waals surface area contributed by atoms with Crippen molar-refractivity contribution in [3.8, 4) is 0 Å². The largest absolute Gasteiger partial charge is 0.373 e. The lowest BCUT2D eigenvalue weighted by molar-refractivity contribution is -0.0184. The third kappa shape index (κ3) is 3.51. The highest BCUT2D eigenvalue weighted by molar-refractivity contribution is 5.15. The Hall–Kier alpha value is -0.930. The molecule has 94 valence electrons. The number of hydrogen-bond donors (Lipinski definition) is 1. The Balaban J connectivity index is 1.88. The summed E-state index contributed by atoms with van der Waals surface area (Å²) in [5, 5.41) is 0. The van der Waals surface area contributed by atoms with Crippen LogP contribution in [0.1, 0.15) is 36.8 Å². The molecule has 3 nitrogen and oxygen atoms in total. The molecule has 3 heteroatoms. The highest BCUT2D eigenvalue weighted by Gasteiger charge is 2.24. The number of nitrogens with zero attached hydrogens (tertiary/aromatic N) is 1. The van der Waals surface area contributed by atoms with E-state index in [9.17, 15) is 0 Å². The number of ether oxygens (including phenoxy) is 1. The highest BCUT2D eigenvalue weighted by atomic mass is 16.5. The van der Waals surface area contributed by atoms with Crippen LogP contribution in [0.2, 0.25) is 0 Å². The molecule has 1 aliphatic rings. The summed E-state index contributed by atoms with van der Waals surface area (Å²) in [4.78, 5) is 4.18. The first-order chi connectivity index (χ1) is 8.29. The minimum atomic E-state index is 0.342. The van der Waals surface area contributed by atoms with Crippen molar-refractivity contribution in [2.75, 3.05) is 6.54 Å². The number of rotatable bonds is 4. The molecule has 17 heavy (non-hydrogen) atoms. The van der Waals surface area contributed by atoms with E-state index >= 15 is 0 Å². The molecule has 1 aliphatic carbocycles. The van der Waals surface area contributed by atoms with Crippen LogP contribution in [-0.2, 0) is 11.3 Å². The maximum absolute atomic E-state index is 6.01. The minimum absolute atomic E-state index is 0.342. The van der Waals surface area contributed by atoms with Gasteiger partial charge in [-0.1, -0.05) is 18.9 Å². The molecule has 0 radical (unpaired) electrons. The molecule has 0 saturated heterocycles. The van der Waals surface area contributed by atoms with Crippen molar-refractivity contribution in [2.45, 2.75) is 45.3 Å². The highest BCUT2D eigenvalue weighted by Crippen LogP contribution is 2.26. The number of pyridine rings is 1. The summed E-state index contributed by atoms with van der Waals surface area (Å²) in [6.07, 6.45) is 9.03. The fraction of sp³-hybridized carbons (Fsp3) is 0.643. The molecule has 1 aromatic rings. The van der Waals surface area contributed by atoms with Gasteiger partial charge in [-0.25, -0.2) is 0 Å². The SMILES string of the molecule is Cc1cncc(COC2CCCCC2CN)c1. The van der Waals surface area contributed by atoms with Crippen LogP contribution in [0.15, 0.2) is 18.5 Å². The molecular formula is C14H22N2O. The van der Waals surface area contributed by atoms with E-state index in [1.54, 1.807) is 0 Å². The van der Waals surface area contributed by atoms with E-state index in [-0.39, 0.29) is 0 Å². The molecule has 0 spiro atoms. The predicted molar refractivity (Wildman–Crippen MR) is 68.6 cm³/mol. The fourth-order valence-electron chi connectivity index (χ4n) is 2.56. The first-order valence-electron chi connectivity index (χ1n) is 6.52. The second-order valence-corrected chi connectivity index (χ2v) is 5.00. The van der Waals surface area contributed by atoms with Crippen LogP contribution >= 0.6 is 0 Å². The van der Waals surface area contributed by atoms with Crippen molar-refractivity contribution >= 4 is 0 Å². The summed E-state index contributed by atoms with van der Waals surface area (Å²) in [5.74, 6) is 0.543. The maximum Gasteiger partial charge on any atom is 0.0735 e. The van der Waals surface area contributed by atoms with Gasteiger partial charge in [-0.15, -0.1) is 0 Å². The molecule has 2 unspecified atom stereocenters. The first kappa shape index (κ1) is 12.5. The lowest BCUT2D eigenvalue weighted by Crippen LogP contribution is -2.33. The monoisotopic (exact) mass is 234 g/mol. The van der Waals surface area contributed by atoms with Crippen LogP contribution in [0.5, 0.6) is 0 Å². The molecule has 1 saturated carbocycles. The van der Waals surface area contributed by atoms with Gasteiger partial charge in [-0.05, 0) is 43.4 Å². The molecule has 0 aliphatic heterocycles. The van der Waals surface area contributed by atoms with Crippen LogP contribution in [-0.4, -0.2) is 17.6 Å². The van der Waals surface area contributed by atoms with Gasteiger partial charge in [0.05, 0.1) is 12.7 Å². The van der Waals surface area contributed by atoms with Gasteiger partial charge in [-0.3, -0.25) is 4.98 Å². The normalized spacial score (nSPS) is 24.8. The molecule has 2 atom stereocenters. The molecule has 1 fully saturated rings. The second-order valence-electron chi connectivity index (χ2n) is 5.00. The van der Waals surface area contributed by atoms with Crippen molar-refractivity contribution in [2.24, 2.45) is 11.7 Å². The number of nitrogens with two attached hydrogens (primary N) is 1. The van der Waals surface area contributed by atoms with E-state index in [0.29, 0.717) is 18.6 Å². The Labute approximate surface area is 103 Å². The van der Waals surface area contributed by atoms with Gasteiger partial charge in [0.15, 0.2) is 0 Å². The second kappa shape index (κ2) is 6.12. The Morgan fingerprint density at radius 1 is 1.35 bits per heavy atom. The molecule has 0 bridgehead atoms. The minimum Gasteiger partial charge on any atom is -0.373 e. The zero-order valence-corrected chi connectivity index (χ0v) is 10.6. The van der Waals surface area contributed by atoms with Gasteiger partial charge in [0.1, 0.15) is 0 Å². The lowest BCUT2D eigenvalue weighted by Gasteiger charge is -2.30. The first-order valence-corrected chi connectivity index (χ1v) is 6.52. The van der Waals surface area contributed by atoms with Gasteiger partial charge >= 0.3 is 0 Å². The standard InChI is InChI=1S/C14H22N2O/c1-11-6-12(9-16-8-11)10-17-14-5-3-2-4-13(14)7-15/h6,8-9,13-14H,2-5,7,10,15H2,1H3. The third-order valence-electron chi connectivity index (χ3n) is 3.54. The predicted octanol–water partition coefficient (Wildman–Crippen LogP) is 2.42. The van der Waals surface area contributed by atoms with Crippen LogP contribution in [0.25, 0.3) is 0 Å². The lowest BCUT2D eigenvalue weighted by atomic mass is 9.86. The topological polar surface area (TPSA) is 48.1 Å². The maximum atomic E-state index is 6.01. The molecule has 0 aromatic carbocycles. The number of aryl methyl sites for hydroxylation is 1. The number of hydrogen-bond acceptors (Lipinski definition) is 3. The van der Waals surface area contributed by atoms with Crippen LogP contribution in [0, 0.1) is 12.8 Å². The van der Waals surface area contributed by atoms with Crippen LogP contribution < -0.4 is 5.73 Å². The summed E-state index contributed by atoms with van der Waals surface area (Å²) in [5.41, 5.74) is 8.14. The van der Waals surface area contributed by atoms with E-state index < -0.39 is 0 Å². The van der Waals surface area contributed by atoms with Gasteiger partial charge in [-0.2, -0.15) is 0 Å². The van der Waals surface area contributed by atoms with Gasteiger partial charge in [0, 0.05) is 12.4 Å². The van der Waals surface area contributed by atoms with Gasteiger partial charge < -0.3 is 10.5 Å². The third-order valence-corrected chi connectivity index (χ3v) is 3.54. The number of aromatic nitrogens is 1. The quantitative estimate of drug-likeness (QED) is 0.870. The Morgan fingerprint density at radius 3 is 2.94 bits per heavy atom. The van der Waals surface area contributed by atoms with Crippen molar-refractivity contribution in [1.29, 1.82) is 0 Å². The summed E-state index contributed by atoms with van der Waals surface area (Å²) >= 11 is 0. The van der Waals surface area contributed by atoms with Crippen molar-refractivity contribution in [1.82, 2.24) is 4.98 Å². The van der Waals surface area contributed by atoms with E-state index in [2.05, 4.69) is 18.0 Å². The zero-order valence-electron chi connectivity index (χ0n) is 10.6. The summed E-state index contributed by atoms with van der Waals surface area (Å²) in [6, 6.07) is 2.13. The summed E-state index contributed by atoms with van der Waals surface area (Å²) in [7, 11) is 0. The molecule has 1 aromatic heterocycles. The van der Waals surface area contributed by atoms with Crippen LogP contribution in [0.3, 0.4) is 0 Å². The average Bonchev–Trinajstić information content (AvgIpc) is 2.37. The Kier molecular flexibility index (Phi) is 4.51. The van der Waals surface area contributed by atoms with E-state index in [4.69, 9.17) is 10.5 Å². The van der Waals surface area contributed by atoms with Crippen LogP contribution in [0.4, 0.5) is 0 Å². The van der Waals surface area contributed by atoms with Gasteiger partial charge in [0.25, 0.3) is 0 Å². The van der Waals surface area contributed by atoms with E-state index in [1.807, 2.05) is 12.4 Å². The van der Waals surface area contributed by atoms with E-state index in [0.717, 1.165) is 18.5 Å². The smallest absolute Gasteiger partial charge is 0.0735 e. The Morgan fingerprint density at radius 2 is 2.18 bits per heavy atom. The van der Waals surface area contributed by atoms with Gasteiger partial charge in [0.2, 0.25) is 0 Å². The molecular weight excluding hydrogens is 212 g/mol. The molecule has 1 heterocycles. The molecule has 2 N–H and O–H groups in total. The molecule has 0 amide bonds. The summed E-state index contributed by atoms with van der Waals surface area (Å²) < 4.78 is 6.01. The van der Waals surface area contributed by atoms with E-state index in [1.165, 1.54) is 24.8 Å². The molecule has 2 rings (SSSR count). The average molecular weight is 234 g/mol. The van der Waals surface area contributed by atoms with Crippen molar-refractivity contribution in [3.63, 3.8) is 0 Å². The zero-order chi connectivity index (χ0) is 12.1. The fourth-order valence-corrected chi connectivity index (χ4v) is 2.56. The van der Waals surface area contributed by atoms with Crippen molar-refractivity contribution < 1.29 is 4.74 Å².